The van der Waals surface area contributed by atoms with Gasteiger partial charge in [0.25, 0.3) is 0 Å². The predicted octanol–water partition coefficient (Wildman–Crippen LogP) is 3.61. The quantitative estimate of drug-likeness (QED) is 0.664. The molecule has 16 heavy (non-hydrogen) atoms. The van der Waals surface area contributed by atoms with E-state index in [0.717, 1.165) is 0 Å². The Morgan fingerprint density at radius 3 is 2.50 bits per heavy atom. The highest BCUT2D eigenvalue weighted by atomic mass is 35.5. The van der Waals surface area contributed by atoms with Gasteiger partial charge in [0.1, 0.15) is 0 Å². The summed E-state index contributed by atoms with van der Waals surface area (Å²) in [5.74, 6) is 0. The fraction of sp³-hybridized carbons (Fsp3) is 0.200. The Bertz CT molecular complexity index is 551. The molecule has 0 bridgehead atoms. The van der Waals surface area contributed by atoms with Gasteiger partial charge in [0.2, 0.25) is 5.28 Å². The van der Waals surface area contributed by atoms with E-state index in [0.29, 0.717) is 5.56 Å². The maximum atomic E-state index is 12.7. The molecule has 0 unspecified atom stereocenters. The number of aromatic nitrogens is 2. The fourth-order valence-corrected chi connectivity index (χ4v) is 1.61. The van der Waals surface area contributed by atoms with Gasteiger partial charge in [0, 0.05) is 5.39 Å². The van der Waals surface area contributed by atoms with Gasteiger partial charge < -0.3 is 0 Å². The van der Waals surface area contributed by atoms with Crippen LogP contribution < -0.4 is 0 Å². The van der Waals surface area contributed by atoms with Crippen LogP contribution in [0.3, 0.4) is 0 Å². The molecule has 2 rings (SSSR count). The lowest BCUT2D eigenvalue weighted by Crippen LogP contribution is -2.10. The molecule has 0 aliphatic heterocycles. The highest BCUT2D eigenvalue weighted by molar-refractivity contribution is 6.28. The van der Waals surface area contributed by atoms with Crippen molar-refractivity contribution >= 4 is 22.5 Å². The van der Waals surface area contributed by atoms with Gasteiger partial charge in [0.15, 0.2) is 5.69 Å². The van der Waals surface area contributed by atoms with Crippen LogP contribution in [0.4, 0.5) is 13.2 Å². The molecule has 6 heteroatoms. The van der Waals surface area contributed by atoms with Gasteiger partial charge in [-0.2, -0.15) is 13.2 Å². The van der Waals surface area contributed by atoms with Crippen molar-refractivity contribution in [2.24, 2.45) is 0 Å². The second-order valence-electron chi connectivity index (χ2n) is 3.36. The minimum Gasteiger partial charge on any atom is -0.218 e. The second-order valence-corrected chi connectivity index (χ2v) is 3.70. The van der Waals surface area contributed by atoms with Crippen molar-refractivity contribution in [2.45, 2.75) is 13.1 Å². The first kappa shape index (κ1) is 11.1. The van der Waals surface area contributed by atoms with Crippen LogP contribution in [0.25, 0.3) is 10.9 Å². The van der Waals surface area contributed by atoms with Crippen molar-refractivity contribution in [2.75, 3.05) is 0 Å². The van der Waals surface area contributed by atoms with Gasteiger partial charge in [-0.1, -0.05) is 11.6 Å². The summed E-state index contributed by atoms with van der Waals surface area (Å²) < 4.78 is 38.0. The van der Waals surface area contributed by atoms with Crippen LogP contribution in [0.1, 0.15) is 11.3 Å². The Labute approximate surface area is 94.1 Å². The number of hydrogen-bond acceptors (Lipinski definition) is 2. The summed E-state index contributed by atoms with van der Waals surface area (Å²) in [6.45, 7) is 1.70. The molecular formula is C10H6ClF3N2. The Kier molecular flexibility index (Phi) is 2.50. The summed E-state index contributed by atoms with van der Waals surface area (Å²) in [5, 5.41) is -0.430. The molecule has 0 saturated carbocycles. The minimum atomic E-state index is -4.53. The fourth-order valence-electron chi connectivity index (χ4n) is 1.43. The number of aryl methyl sites for hydroxylation is 1. The van der Waals surface area contributed by atoms with Crippen molar-refractivity contribution in [3.05, 3.63) is 34.7 Å². The van der Waals surface area contributed by atoms with E-state index in [-0.39, 0.29) is 10.9 Å². The summed E-state index contributed by atoms with van der Waals surface area (Å²) in [7, 11) is 0. The van der Waals surface area contributed by atoms with Gasteiger partial charge in [-0.3, -0.25) is 0 Å². The lowest BCUT2D eigenvalue weighted by molar-refractivity contribution is -0.139. The predicted molar refractivity (Wildman–Crippen MR) is 54.3 cm³/mol. The molecule has 0 spiro atoms. The third kappa shape index (κ3) is 1.95. The SMILES string of the molecule is Cc1ccc2nc(Cl)nc(C(F)(F)F)c2c1. The molecule has 1 aromatic carbocycles. The topological polar surface area (TPSA) is 25.8 Å². The largest absolute Gasteiger partial charge is 0.434 e. The molecule has 0 aliphatic carbocycles. The van der Waals surface area contributed by atoms with Crippen LogP contribution in [0.5, 0.6) is 0 Å². The number of halogens is 4. The van der Waals surface area contributed by atoms with E-state index in [1.807, 2.05) is 0 Å². The van der Waals surface area contributed by atoms with Crippen LogP contribution in [-0.4, -0.2) is 9.97 Å². The molecule has 0 N–H and O–H groups in total. The van der Waals surface area contributed by atoms with Crippen LogP contribution in [0.15, 0.2) is 18.2 Å². The first-order valence-corrected chi connectivity index (χ1v) is 4.77. The van der Waals surface area contributed by atoms with Crippen molar-refractivity contribution in [1.82, 2.24) is 9.97 Å². The molecule has 0 saturated heterocycles. The maximum absolute atomic E-state index is 12.7. The summed E-state index contributed by atoms with van der Waals surface area (Å²) >= 11 is 5.45. The van der Waals surface area contributed by atoms with Crippen molar-refractivity contribution in [3.63, 3.8) is 0 Å². The van der Waals surface area contributed by atoms with Gasteiger partial charge in [0.05, 0.1) is 5.52 Å². The zero-order chi connectivity index (χ0) is 11.9. The van der Waals surface area contributed by atoms with E-state index in [9.17, 15) is 13.2 Å². The highest BCUT2D eigenvalue weighted by Crippen LogP contribution is 2.33. The molecule has 2 aromatic rings. The van der Waals surface area contributed by atoms with Gasteiger partial charge in [-0.25, -0.2) is 9.97 Å². The number of fused-ring (bicyclic) bond motifs is 1. The van der Waals surface area contributed by atoms with E-state index in [2.05, 4.69) is 9.97 Å². The van der Waals surface area contributed by atoms with E-state index >= 15 is 0 Å². The average molecular weight is 247 g/mol. The highest BCUT2D eigenvalue weighted by Gasteiger charge is 2.35. The number of hydrogen-bond donors (Lipinski definition) is 0. The summed E-state index contributed by atoms with van der Waals surface area (Å²) in [6, 6.07) is 4.56. The van der Waals surface area contributed by atoms with E-state index in [1.165, 1.54) is 12.1 Å². The third-order valence-electron chi connectivity index (χ3n) is 2.09. The van der Waals surface area contributed by atoms with Crippen LogP contribution >= 0.6 is 11.6 Å². The molecule has 0 radical (unpaired) electrons. The Balaban J connectivity index is 2.85. The molecule has 1 heterocycles. The number of nitrogens with zero attached hydrogens (tertiary/aromatic N) is 2. The zero-order valence-corrected chi connectivity index (χ0v) is 8.89. The molecule has 0 aliphatic rings. The third-order valence-corrected chi connectivity index (χ3v) is 2.26. The second kappa shape index (κ2) is 3.59. The molecular weight excluding hydrogens is 241 g/mol. The molecule has 0 fully saturated rings. The Hall–Kier alpha value is -1.36. The smallest absolute Gasteiger partial charge is 0.218 e. The van der Waals surface area contributed by atoms with E-state index in [1.54, 1.807) is 13.0 Å². The first-order chi connectivity index (χ1) is 7.38. The lowest BCUT2D eigenvalue weighted by Gasteiger charge is -2.09. The van der Waals surface area contributed by atoms with Crippen molar-refractivity contribution < 1.29 is 13.2 Å². The van der Waals surface area contributed by atoms with E-state index < -0.39 is 17.2 Å². The Morgan fingerprint density at radius 2 is 1.88 bits per heavy atom. The standard InChI is InChI=1S/C10H6ClF3N2/c1-5-2-3-7-6(4-5)8(10(12,13)14)16-9(11)15-7/h2-4H,1H3. The normalized spacial score (nSPS) is 12.1. The maximum Gasteiger partial charge on any atom is 0.434 e. The summed E-state index contributed by atoms with van der Waals surface area (Å²) in [6.07, 6.45) is -4.53. The number of benzene rings is 1. The average Bonchev–Trinajstić information content (AvgIpc) is 2.16. The molecule has 0 amide bonds. The number of rotatable bonds is 0. The van der Waals surface area contributed by atoms with Crippen molar-refractivity contribution in [3.8, 4) is 0 Å². The zero-order valence-electron chi connectivity index (χ0n) is 8.14. The minimum absolute atomic E-state index is 0.0306. The molecule has 84 valence electrons. The van der Waals surface area contributed by atoms with Gasteiger partial charge in [-0.15, -0.1) is 0 Å². The monoisotopic (exact) mass is 246 g/mol. The van der Waals surface area contributed by atoms with Crippen molar-refractivity contribution in [1.29, 1.82) is 0 Å². The first-order valence-electron chi connectivity index (χ1n) is 4.39. The van der Waals surface area contributed by atoms with Gasteiger partial charge >= 0.3 is 6.18 Å². The van der Waals surface area contributed by atoms with Crippen LogP contribution in [0, 0.1) is 6.92 Å². The molecule has 0 atom stereocenters. The number of alkyl halides is 3. The molecule has 2 nitrogen and oxygen atoms in total. The van der Waals surface area contributed by atoms with Crippen LogP contribution in [0.2, 0.25) is 5.28 Å². The van der Waals surface area contributed by atoms with Crippen LogP contribution in [-0.2, 0) is 6.18 Å². The molecule has 1 aromatic heterocycles. The summed E-state index contributed by atoms with van der Waals surface area (Å²) in [5.41, 5.74) is -0.0898. The van der Waals surface area contributed by atoms with E-state index in [4.69, 9.17) is 11.6 Å². The summed E-state index contributed by atoms with van der Waals surface area (Å²) in [4.78, 5) is 6.99. The van der Waals surface area contributed by atoms with Gasteiger partial charge in [-0.05, 0) is 30.7 Å². The Morgan fingerprint density at radius 1 is 1.19 bits per heavy atom. The lowest BCUT2D eigenvalue weighted by atomic mass is 10.1.